The number of thioether (sulfide) groups is 1. The first kappa shape index (κ1) is 74.2. The van der Waals surface area contributed by atoms with Crippen molar-refractivity contribution in [1.82, 2.24) is 10.4 Å². The summed E-state index contributed by atoms with van der Waals surface area (Å²) in [5, 5.41) is 14.2. The summed E-state index contributed by atoms with van der Waals surface area (Å²) in [6.07, 6.45) is 13.7. The Bertz CT molecular complexity index is 382. The molecule has 0 aliphatic carbocycles. The van der Waals surface area contributed by atoms with Gasteiger partial charge in [0.15, 0.2) is 0 Å². The molecule has 0 aliphatic heterocycles. The van der Waals surface area contributed by atoms with Crippen molar-refractivity contribution >= 4 is 46.2 Å². The average Bonchev–Trinajstić information content (AvgIpc) is 2.93. The summed E-state index contributed by atoms with van der Waals surface area (Å²) in [7, 11) is 7.39. The van der Waals surface area contributed by atoms with Crippen LogP contribution < -0.4 is 16.1 Å². The Morgan fingerprint density at radius 2 is 1.24 bits per heavy atom. The number of nitrogens with two attached hydrogens (primary N) is 1. The van der Waals surface area contributed by atoms with E-state index in [-0.39, 0.29) is 117 Å². The van der Waals surface area contributed by atoms with Crippen LogP contribution in [-0.2, 0) is 127 Å². The monoisotopic (exact) mass is 852 g/mol. The van der Waals surface area contributed by atoms with E-state index in [4.69, 9.17) is 20.4 Å². The smallest absolute Gasteiger partial charge is 0.373 e. The molecule has 3 unspecified atom stereocenters. The Morgan fingerprint density at radius 1 is 0.927 bits per heavy atom. The van der Waals surface area contributed by atoms with Crippen LogP contribution in [0.4, 0.5) is 0 Å². The minimum atomic E-state index is 0. The number of hydrogen-bond acceptors (Lipinski definition) is 11. The number of ether oxygens (including phenoxy) is 1. The number of carbonyl (C=O) groups excluding carboxylic acids is 5. The van der Waals surface area contributed by atoms with Gasteiger partial charge < -0.3 is 54.0 Å². The largest absolute Gasteiger partial charge is 0.554 e. The molecule has 243 valence electrons. The van der Waals surface area contributed by atoms with E-state index in [0.29, 0.717) is 38.5 Å². The summed E-state index contributed by atoms with van der Waals surface area (Å²) in [6, 6.07) is 0.803. The molecular formula is C26H56N3O7PSY3-6. The molecule has 5 N–H and O–H groups in total. The van der Waals surface area contributed by atoms with E-state index in [2.05, 4.69) is 51.7 Å². The molecule has 0 saturated heterocycles. The normalized spacial score (nSPS) is 8.61. The zero-order valence-electron chi connectivity index (χ0n) is 26.5. The molecule has 0 saturated carbocycles. The molecule has 0 aliphatic rings. The van der Waals surface area contributed by atoms with Crippen LogP contribution in [-0.4, -0.2) is 74.8 Å². The minimum absolute atomic E-state index is 0. The first-order valence-corrected chi connectivity index (χ1v) is 13.9. The topological polar surface area (TPSA) is 165 Å². The molecule has 0 amide bonds. The van der Waals surface area contributed by atoms with Gasteiger partial charge in [-0.2, -0.15) is 35.8 Å². The fourth-order valence-electron chi connectivity index (χ4n) is 0.706. The first-order chi connectivity index (χ1) is 18.2. The third-order valence-electron chi connectivity index (χ3n) is 2.74. The van der Waals surface area contributed by atoms with Gasteiger partial charge in [-0.05, 0) is 26.6 Å². The third kappa shape index (κ3) is 185. The fourth-order valence-corrected chi connectivity index (χ4v) is 1.44. The maximum atomic E-state index is 9.28. The van der Waals surface area contributed by atoms with Gasteiger partial charge in [-0.25, -0.2) is 7.11 Å². The van der Waals surface area contributed by atoms with E-state index in [0.717, 1.165) is 25.0 Å². The van der Waals surface area contributed by atoms with E-state index in [1.807, 2.05) is 34.7 Å². The van der Waals surface area contributed by atoms with E-state index in [1.54, 1.807) is 37.5 Å². The number of hydrogen-bond donors (Lipinski definition) is 4. The van der Waals surface area contributed by atoms with Crippen LogP contribution in [0.2, 0.25) is 0 Å². The second-order valence-corrected chi connectivity index (χ2v) is 7.35. The number of aliphatic hydroxyl groups is 1. The predicted octanol–water partition coefficient (Wildman–Crippen LogP) is 3.56. The van der Waals surface area contributed by atoms with Gasteiger partial charge in [0.05, 0.1) is 6.61 Å². The summed E-state index contributed by atoms with van der Waals surface area (Å²) < 4.78 is 4.32. The maximum Gasteiger partial charge on any atom is 0.373 e. The summed E-state index contributed by atoms with van der Waals surface area (Å²) in [6.45, 7) is 16.2. The van der Waals surface area contributed by atoms with Crippen LogP contribution in [0.15, 0.2) is 0 Å². The molecule has 0 heterocycles. The van der Waals surface area contributed by atoms with E-state index < -0.39 is 0 Å². The molecule has 0 aromatic heterocycles. The molecule has 0 bridgehead atoms. The molecule has 0 fully saturated rings. The summed E-state index contributed by atoms with van der Waals surface area (Å²) in [5.41, 5.74) is 4.97. The minimum Gasteiger partial charge on any atom is -0.554 e. The molecule has 15 heteroatoms. The van der Waals surface area contributed by atoms with Crippen molar-refractivity contribution < 1.29 is 132 Å². The second-order valence-electron chi connectivity index (χ2n) is 6.27. The van der Waals surface area contributed by atoms with Crippen LogP contribution in [0, 0.1) is 20.3 Å². The molecule has 0 rings (SSSR count). The Labute approximate surface area is 335 Å². The summed E-state index contributed by atoms with van der Waals surface area (Å²) >= 11 is 1.61. The van der Waals surface area contributed by atoms with Crippen molar-refractivity contribution in [2.45, 2.75) is 92.2 Å². The number of nitrogens with one attached hydrogen (secondary N) is 2. The fraction of sp³-hybridized carbons (Fsp3) is 0.731. The Balaban J connectivity index is -0.0000000281. The molecule has 0 aromatic rings. The van der Waals surface area contributed by atoms with Gasteiger partial charge in [-0.1, -0.05) is 49.4 Å². The van der Waals surface area contributed by atoms with Crippen molar-refractivity contribution in [3.63, 3.8) is 0 Å². The van der Waals surface area contributed by atoms with Crippen LogP contribution in [0.1, 0.15) is 80.1 Å². The predicted molar refractivity (Wildman–Crippen MR) is 164 cm³/mol. The van der Waals surface area contributed by atoms with E-state index in [9.17, 15) is 14.4 Å². The quantitative estimate of drug-likeness (QED) is 0.158. The summed E-state index contributed by atoms with van der Waals surface area (Å²) in [4.78, 5) is 44.1. The van der Waals surface area contributed by atoms with Gasteiger partial charge in [0.1, 0.15) is 0 Å². The number of aliphatic hydroxyl groups excluding tert-OH is 1. The third-order valence-corrected chi connectivity index (χ3v) is 4.04. The van der Waals surface area contributed by atoms with Crippen molar-refractivity contribution in [2.75, 3.05) is 32.6 Å². The summed E-state index contributed by atoms with van der Waals surface area (Å²) in [5.74, 6) is 1.07. The molecule has 3 atom stereocenters. The van der Waals surface area contributed by atoms with Gasteiger partial charge >= 0.3 is 6.15 Å². The SMILES string of the molecule is CCC[C-]=O.CCC[C-]=O.CCC[C-]=O.CNC(C)CO.O=C=O.[CH2-]C.[CH2-]OCCN.[CH2-]SCC(C)NP.[Y].[Y].[Y]. The van der Waals surface area contributed by atoms with Crippen molar-refractivity contribution in [3.8, 4) is 0 Å². The number of unbranched alkanes of at least 4 members (excludes halogenated alkanes) is 3. The second kappa shape index (κ2) is 104. The average molecular weight is 853 g/mol. The standard InChI is InChI=1S/C4H11NO.C4H11NPS.3C4H7O.C3H8NO.C2H5.CO2.3Y/c1-4(3-6)5-2;1-4(5-6)3-7-2;3*1-2-3-4-5;1-5-3-2-4;1-2;2-1-3;;;/h4-6H,3H2,1-2H3;4-5H,2-3,6H2,1H3;3*2-3H2,1H3;1-4H2;1H2,2H3;;;;/q;6*-1;;;;. The van der Waals surface area contributed by atoms with Crippen LogP contribution in [0.3, 0.4) is 0 Å². The van der Waals surface area contributed by atoms with E-state index in [1.165, 1.54) is 0 Å². The van der Waals surface area contributed by atoms with Crippen LogP contribution in [0.5, 0.6) is 0 Å². The molecular weight excluding hydrogens is 796 g/mol. The number of rotatable bonds is 13. The molecule has 10 nitrogen and oxygen atoms in total. The van der Waals surface area contributed by atoms with Crippen LogP contribution in [0.25, 0.3) is 0 Å². The van der Waals surface area contributed by atoms with Gasteiger partial charge in [0.25, 0.3) is 0 Å². The zero-order chi connectivity index (χ0) is 31.9. The van der Waals surface area contributed by atoms with E-state index >= 15 is 0 Å². The van der Waals surface area contributed by atoms with Crippen molar-refractivity contribution in [1.29, 1.82) is 0 Å². The first-order valence-electron chi connectivity index (χ1n) is 12.1. The van der Waals surface area contributed by atoms with Crippen molar-refractivity contribution in [2.24, 2.45) is 5.73 Å². The van der Waals surface area contributed by atoms with Gasteiger partial charge in [-0.15, -0.1) is 0 Å². The zero-order valence-corrected chi connectivity index (χ0v) is 37.0. The molecule has 41 heavy (non-hydrogen) atoms. The van der Waals surface area contributed by atoms with Gasteiger partial charge in [-0.3, -0.25) is 30.2 Å². The molecule has 0 aromatic carbocycles. The Morgan fingerprint density at radius 3 is 1.27 bits per heavy atom. The number of likely N-dealkylation sites (N-methyl/N-ethyl adjacent to an activating group) is 1. The van der Waals surface area contributed by atoms with Gasteiger partial charge in [0.2, 0.25) is 0 Å². The maximum absolute atomic E-state index is 9.28. The Kier molecular flexibility index (Phi) is 189. The molecule has 3 radical (unpaired) electrons. The molecule has 0 spiro atoms. The van der Waals surface area contributed by atoms with Crippen LogP contribution >= 0.6 is 21.2 Å². The van der Waals surface area contributed by atoms with Crippen molar-refractivity contribution in [3.05, 3.63) is 20.3 Å². The van der Waals surface area contributed by atoms with Gasteiger partial charge in [0, 0.05) is 123 Å². The Hall–Kier alpha value is 2.28.